The van der Waals surface area contributed by atoms with Crippen molar-refractivity contribution < 1.29 is 9.59 Å². The Morgan fingerprint density at radius 1 is 1.13 bits per heavy atom. The summed E-state index contributed by atoms with van der Waals surface area (Å²) in [5.74, 6) is -0.199. The number of amides is 2. The van der Waals surface area contributed by atoms with Gasteiger partial charge in [0, 0.05) is 48.9 Å². The average molecular weight is 444 g/mol. The molecule has 1 aliphatic heterocycles. The Morgan fingerprint density at radius 3 is 2.60 bits per heavy atom. The number of rotatable bonds is 4. The summed E-state index contributed by atoms with van der Waals surface area (Å²) < 4.78 is 0. The molecular formula is C23H23Cl2N3O2. The lowest BCUT2D eigenvalue weighted by atomic mass is 9.99. The summed E-state index contributed by atoms with van der Waals surface area (Å²) in [6.45, 7) is 4.50. The molecule has 1 atom stereocenters. The van der Waals surface area contributed by atoms with E-state index < -0.39 is 0 Å². The molecule has 0 saturated carbocycles. The fourth-order valence-corrected chi connectivity index (χ4v) is 3.83. The van der Waals surface area contributed by atoms with Crippen LogP contribution in [0.2, 0.25) is 5.02 Å². The smallest absolute Gasteiger partial charge is 0.247 e. The highest BCUT2D eigenvalue weighted by Gasteiger charge is 2.31. The number of allylic oxidation sites excluding steroid dienone is 1. The zero-order valence-electron chi connectivity index (χ0n) is 16.9. The highest BCUT2D eigenvalue weighted by molar-refractivity contribution is 6.31. The molecule has 2 amide bonds. The van der Waals surface area contributed by atoms with Crippen LogP contribution >= 0.6 is 23.2 Å². The Balaban J connectivity index is 1.90. The fraction of sp³-hybridized carbons (Fsp3) is 0.261. The minimum atomic E-state index is -0.287. The van der Waals surface area contributed by atoms with E-state index in [1.807, 2.05) is 48.6 Å². The third-order valence-corrected chi connectivity index (χ3v) is 5.21. The monoisotopic (exact) mass is 443 g/mol. The van der Waals surface area contributed by atoms with Gasteiger partial charge in [0.15, 0.2) is 0 Å². The van der Waals surface area contributed by atoms with Crippen molar-refractivity contribution in [3.8, 4) is 0 Å². The van der Waals surface area contributed by atoms with E-state index in [1.54, 1.807) is 29.8 Å². The van der Waals surface area contributed by atoms with Crippen LogP contribution in [0.15, 0.2) is 53.7 Å². The van der Waals surface area contributed by atoms with Crippen molar-refractivity contribution in [2.24, 2.45) is 0 Å². The minimum absolute atomic E-state index is 0.0401. The van der Waals surface area contributed by atoms with Crippen molar-refractivity contribution in [1.29, 1.82) is 0 Å². The first-order chi connectivity index (χ1) is 14.3. The third kappa shape index (κ3) is 5.71. The van der Waals surface area contributed by atoms with Gasteiger partial charge >= 0.3 is 0 Å². The number of halogens is 2. The molecule has 0 spiro atoms. The maximum atomic E-state index is 12.5. The van der Waals surface area contributed by atoms with E-state index in [-0.39, 0.29) is 17.9 Å². The van der Waals surface area contributed by atoms with Gasteiger partial charge in [0.25, 0.3) is 0 Å². The normalized spacial score (nSPS) is 17.5. The molecule has 7 heteroatoms. The van der Waals surface area contributed by atoms with Crippen LogP contribution in [-0.2, 0) is 9.59 Å². The maximum absolute atomic E-state index is 12.5. The molecular weight excluding hydrogens is 421 g/mol. The molecule has 2 aromatic rings. The van der Waals surface area contributed by atoms with Crippen molar-refractivity contribution in [3.05, 3.63) is 75.5 Å². The van der Waals surface area contributed by atoms with E-state index in [9.17, 15) is 9.59 Å². The van der Waals surface area contributed by atoms with Crippen molar-refractivity contribution in [2.45, 2.75) is 19.9 Å². The molecule has 1 fully saturated rings. The largest absolute Gasteiger partial charge is 0.335 e. The third-order valence-electron chi connectivity index (χ3n) is 4.88. The van der Waals surface area contributed by atoms with Crippen LogP contribution in [0.5, 0.6) is 0 Å². The molecule has 1 aromatic carbocycles. The molecule has 0 bridgehead atoms. The molecule has 0 radical (unpaired) electrons. The average Bonchev–Trinajstić information content (AvgIpc) is 2.71. The zero-order chi connectivity index (χ0) is 21.7. The molecule has 1 saturated heterocycles. The molecule has 1 aromatic heterocycles. The quantitative estimate of drug-likeness (QED) is 0.638. The summed E-state index contributed by atoms with van der Waals surface area (Å²) in [6, 6.07) is 11.1. The molecule has 156 valence electrons. The first kappa shape index (κ1) is 22.1. The highest BCUT2D eigenvalue weighted by atomic mass is 35.5. The van der Waals surface area contributed by atoms with E-state index in [2.05, 4.69) is 4.98 Å². The molecule has 0 aliphatic carbocycles. The Bertz CT molecular complexity index is 985. The van der Waals surface area contributed by atoms with Gasteiger partial charge in [-0.15, -0.1) is 0 Å². The van der Waals surface area contributed by atoms with Gasteiger partial charge in [0.1, 0.15) is 0 Å². The number of pyridine rings is 1. The second kappa shape index (κ2) is 9.92. The number of hydrogen-bond donors (Lipinski definition) is 0. The summed E-state index contributed by atoms with van der Waals surface area (Å²) in [6.07, 6.45) is 6.98. The Labute approximate surface area is 186 Å². The molecule has 3 rings (SSSR count). The molecule has 30 heavy (non-hydrogen) atoms. The number of nitrogens with zero attached hydrogens (tertiary/aromatic N) is 3. The number of hydrogen-bond acceptors (Lipinski definition) is 3. The van der Waals surface area contributed by atoms with Crippen molar-refractivity contribution in [2.75, 3.05) is 19.6 Å². The number of benzene rings is 1. The lowest BCUT2D eigenvalue weighted by molar-refractivity contribution is -0.139. The predicted octanol–water partition coefficient (Wildman–Crippen LogP) is 4.78. The Hall–Kier alpha value is -2.63. The van der Waals surface area contributed by atoms with Crippen LogP contribution in [0, 0.1) is 0 Å². The minimum Gasteiger partial charge on any atom is -0.335 e. The Kier molecular flexibility index (Phi) is 7.29. The van der Waals surface area contributed by atoms with Crippen molar-refractivity contribution >= 4 is 47.2 Å². The standard InChI is InChI=1S/C23H23Cl2N3O2/c1-16(24)11-23(30)27-9-10-28(17(2)29)22(15-27)19-12-18(13-20(25)14-19)6-7-21-5-3-4-8-26-21/h3-8,11-14,22H,9-10,15H2,1-2H3/b7-6+,16-11-/t22-/m0/s1. The molecule has 0 unspecified atom stereocenters. The van der Waals surface area contributed by atoms with E-state index in [0.717, 1.165) is 16.8 Å². The zero-order valence-corrected chi connectivity index (χ0v) is 18.4. The van der Waals surface area contributed by atoms with Crippen LogP contribution in [0.4, 0.5) is 0 Å². The fourth-order valence-electron chi connectivity index (χ4n) is 3.49. The molecule has 2 heterocycles. The maximum Gasteiger partial charge on any atom is 0.247 e. The van der Waals surface area contributed by atoms with Crippen LogP contribution in [-0.4, -0.2) is 46.2 Å². The van der Waals surface area contributed by atoms with Crippen molar-refractivity contribution in [3.63, 3.8) is 0 Å². The van der Waals surface area contributed by atoms with E-state index >= 15 is 0 Å². The van der Waals surface area contributed by atoms with Gasteiger partial charge in [-0.3, -0.25) is 14.6 Å². The summed E-state index contributed by atoms with van der Waals surface area (Å²) >= 11 is 12.3. The van der Waals surface area contributed by atoms with Crippen molar-refractivity contribution in [1.82, 2.24) is 14.8 Å². The van der Waals surface area contributed by atoms with Crippen LogP contribution in [0.3, 0.4) is 0 Å². The number of carbonyl (C=O) groups excluding carboxylic acids is 2. The molecule has 5 nitrogen and oxygen atoms in total. The van der Waals surface area contributed by atoms with E-state index in [0.29, 0.717) is 29.7 Å². The van der Waals surface area contributed by atoms with Crippen LogP contribution in [0.25, 0.3) is 12.2 Å². The summed E-state index contributed by atoms with van der Waals surface area (Å²) in [5, 5.41) is 0.992. The van der Waals surface area contributed by atoms with Gasteiger partial charge in [-0.2, -0.15) is 0 Å². The Morgan fingerprint density at radius 2 is 1.93 bits per heavy atom. The van der Waals surface area contributed by atoms with Gasteiger partial charge in [0.05, 0.1) is 11.7 Å². The second-order valence-electron chi connectivity index (χ2n) is 7.15. The van der Waals surface area contributed by atoms with Gasteiger partial charge < -0.3 is 9.80 Å². The SMILES string of the molecule is CC(=O)N1CCN(C(=O)/C=C(/C)Cl)C[C@H]1c1cc(Cl)cc(/C=C/c2ccccn2)c1. The number of piperazine rings is 1. The topological polar surface area (TPSA) is 53.5 Å². The first-order valence-electron chi connectivity index (χ1n) is 9.63. The summed E-state index contributed by atoms with van der Waals surface area (Å²) in [5.41, 5.74) is 2.61. The number of aromatic nitrogens is 1. The highest BCUT2D eigenvalue weighted by Crippen LogP contribution is 2.29. The van der Waals surface area contributed by atoms with E-state index in [1.165, 1.54) is 6.08 Å². The predicted molar refractivity (Wildman–Crippen MR) is 121 cm³/mol. The van der Waals surface area contributed by atoms with Gasteiger partial charge in [0.2, 0.25) is 11.8 Å². The lowest BCUT2D eigenvalue weighted by Gasteiger charge is -2.41. The molecule has 1 aliphatic rings. The van der Waals surface area contributed by atoms with E-state index in [4.69, 9.17) is 23.2 Å². The first-order valence-corrected chi connectivity index (χ1v) is 10.4. The van der Waals surface area contributed by atoms with Gasteiger partial charge in [-0.05, 0) is 54.5 Å². The molecule has 0 N–H and O–H groups in total. The van der Waals surface area contributed by atoms with Crippen LogP contribution < -0.4 is 0 Å². The van der Waals surface area contributed by atoms with Gasteiger partial charge in [-0.1, -0.05) is 35.3 Å². The lowest BCUT2D eigenvalue weighted by Crippen LogP contribution is -2.51. The summed E-state index contributed by atoms with van der Waals surface area (Å²) in [4.78, 5) is 32.5. The van der Waals surface area contributed by atoms with Crippen LogP contribution in [0.1, 0.15) is 36.7 Å². The number of carbonyl (C=O) groups is 2. The second-order valence-corrected chi connectivity index (χ2v) is 8.18. The van der Waals surface area contributed by atoms with Gasteiger partial charge in [-0.25, -0.2) is 0 Å². The summed E-state index contributed by atoms with van der Waals surface area (Å²) in [7, 11) is 0.